The maximum Gasteiger partial charge on any atom is 0.416 e. The first-order valence-corrected chi connectivity index (χ1v) is 12.2. The van der Waals surface area contributed by atoms with E-state index >= 15 is 0 Å². The Hall–Kier alpha value is -3.63. The molecule has 208 valence electrons. The topological polar surface area (TPSA) is 41.1 Å². The molecule has 0 heterocycles. The van der Waals surface area contributed by atoms with Crippen LogP contribution < -0.4 is 10.6 Å². The Morgan fingerprint density at radius 1 is 0.718 bits per heavy atom. The van der Waals surface area contributed by atoms with Crippen molar-refractivity contribution in [3.8, 4) is 0 Å². The van der Waals surface area contributed by atoms with Crippen molar-refractivity contribution in [1.29, 1.82) is 0 Å². The first kappa shape index (κ1) is 28.4. The van der Waals surface area contributed by atoms with Crippen LogP contribution in [-0.2, 0) is 24.3 Å². The van der Waals surface area contributed by atoms with E-state index in [9.17, 15) is 39.9 Å². The molecular weight excluding hydrogens is 532 g/mol. The van der Waals surface area contributed by atoms with Gasteiger partial charge in [-0.05, 0) is 65.9 Å². The highest BCUT2D eigenvalue weighted by atomic mass is 19.4. The third-order valence-electron chi connectivity index (χ3n) is 6.77. The van der Waals surface area contributed by atoms with Gasteiger partial charge in [0.05, 0.1) is 16.7 Å². The number of halogens is 8. The van der Waals surface area contributed by atoms with Crippen molar-refractivity contribution in [2.75, 3.05) is 0 Å². The molecule has 0 aromatic heterocycles. The highest BCUT2D eigenvalue weighted by Gasteiger charge is 2.42. The van der Waals surface area contributed by atoms with E-state index < -0.39 is 64.2 Å². The number of urea groups is 1. The molecule has 3 aromatic rings. The fourth-order valence-corrected chi connectivity index (χ4v) is 4.95. The van der Waals surface area contributed by atoms with Gasteiger partial charge in [-0.25, -0.2) is 13.6 Å². The summed E-state index contributed by atoms with van der Waals surface area (Å²) >= 11 is 0. The Bertz CT molecular complexity index is 1250. The van der Waals surface area contributed by atoms with Crippen molar-refractivity contribution in [3.63, 3.8) is 0 Å². The zero-order valence-corrected chi connectivity index (χ0v) is 20.4. The van der Waals surface area contributed by atoms with Crippen molar-refractivity contribution in [3.05, 3.63) is 106 Å². The van der Waals surface area contributed by atoms with Crippen LogP contribution in [0.25, 0.3) is 0 Å². The molecule has 39 heavy (non-hydrogen) atoms. The van der Waals surface area contributed by atoms with Crippen molar-refractivity contribution >= 4 is 6.03 Å². The summed E-state index contributed by atoms with van der Waals surface area (Å²) < 4.78 is 112. The first-order chi connectivity index (χ1) is 18.3. The van der Waals surface area contributed by atoms with Gasteiger partial charge in [0.1, 0.15) is 11.6 Å². The fraction of sp³-hybridized carbons (Fsp3) is 0.321. The standard InChI is InChI=1S/C28H24F8N2O/c29-22-12-18(10-20(14-22)27(31,32)33)26(16-17-6-2-1-3-7-17,38-25(39)37-24-8-4-5-9-24)19-11-21(28(34,35)36)15-23(30)13-19/h1-3,6-7,10-15,24H,4-5,8-9,16H2,(H2,37,38,39). The molecule has 3 aromatic carbocycles. The quantitative estimate of drug-likeness (QED) is 0.300. The van der Waals surface area contributed by atoms with E-state index in [0.29, 0.717) is 42.7 Å². The summed E-state index contributed by atoms with van der Waals surface area (Å²) in [6.45, 7) is 0. The lowest BCUT2D eigenvalue weighted by atomic mass is 9.76. The number of alkyl halides is 6. The van der Waals surface area contributed by atoms with Crippen molar-refractivity contribution in [2.24, 2.45) is 0 Å². The third-order valence-corrected chi connectivity index (χ3v) is 6.77. The second-order valence-electron chi connectivity index (χ2n) is 9.60. The first-order valence-electron chi connectivity index (χ1n) is 12.2. The summed E-state index contributed by atoms with van der Waals surface area (Å²) in [4.78, 5) is 13.2. The molecule has 1 aliphatic carbocycles. The van der Waals surface area contributed by atoms with Crippen molar-refractivity contribution in [1.82, 2.24) is 10.6 Å². The maximum absolute atomic E-state index is 14.7. The highest BCUT2D eigenvalue weighted by Crippen LogP contribution is 2.40. The molecule has 0 bridgehead atoms. The molecule has 0 spiro atoms. The lowest BCUT2D eigenvalue weighted by molar-refractivity contribution is -0.138. The number of amides is 2. The Labute approximate surface area is 219 Å². The summed E-state index contributed by atoms with van der Waals surface area (Å²) in [5.74, 6) is -2.66. The molecule has 0 saturated heterocycles. The second-order valence-corrected chi connectivity index (χ2v) is 9.60. The average molecular weight is 556 g/mol. The smallest absolute Gasteiger partial charge is 0.335 e. The van der Waals surface area contributed by atoms with Gasteiger partial charge in [0.15, 0.2) is 0 Å². The van der Waals surface area contributed by atoms with Gasteiger partial charge in [0.2, 0.25) is 0 Å². The van der Waals surface area contributed by atoms with Crippen LogP contribution in [0.2, 0.25) is 0 Å². The van der Waals surface area contributed by atoms with Gasteiger partial charge >= 0.3 is 18.4 Å². The molecular formula is C28H24F8N2O. The number of benzene rings is 3. The largest absolute Gasteiger partial charge is 0.416 e. The molecule has 2 N–H and O–H groups in total. The van der Waals surface area contributed by atoms with Crippen LogP contribution in [-0.4, -0.2) is 12.1 Å². The molecule has 0 unspecified atom stereocenters. The minimum Gasteiger partial charge on any atom is -0.335 e. The molecule has 0 atom stereocenters. The zero-order chi connectivity index (χ0) is 28.4. The Balaban J connectivity index is 1.99. The number of nitrogens with one attached hydrogen (secondary N) is 2. The van der Waals surface area contributed by atoms with Crippen LogP contribution in [0.15, 0.2) is 66.7 Å². The van der Waals surface area contributed by atoms with E-state index in [1.165, 1.54) is 0 Å². The zero-order valence-electron chi connectivity index (χ0n) is 20.4. The van der Waals surface area contributed by atoms with E-state index in [0.717, 1.165) is 12.8 Å². The van der Waals surface area contributed by atoms with Crippen LogP contribution in [0.5, 0.6) is 0 Å². The summed E-state index contributed by atoms with van der Waals surface area (Å²) in [6.07, 6.45) is -7.50. The van der Waals surface area contributed by atoms with E-state index in [-0.39, 0.29) is 18.2 Å². The maximum atomic E-state index is 14.7. The van der Waals surface area contributed by atoms with Crippen LogP contribution in [0, 0.1) is 11.6 Å². The number of hydrogen-bond acceptors (Lipinski definition) is 1. The van der Waals surface area contributed by atoms with Gasteiger partial charge in [-0.2, -0.15) is 26.3 Å². The molecule has 1 fully saturated rings. The van der Waals surface area contributed by atoms with Gasteiger partial charge in [-0.3, -0.25) is 0 Å². The predicted molar refractivity (Wildman–Crippen MR) is 128 cm³/mol. The molecule has 3 nitrogen and oxygen atoms in total. The van der Waals surface area contributed by atoms with Crippen LogP contribution in [0.4, 0.5) is 39.9 Å². The minimum atomic E-state index is -5.01. The number of hydrogen-bond donors (Lipinski definition) is 2. The van der Waals surface area contributed by atoms with Crippen molar-refractivity contribution < 1.29 is 39.9 Å². The molecule has 1 saturated carbocycles. The normalized spacial score (nSPS) is 14.9. The number of carbonyl (C=O) groups excluding carboxylic acids is 1. The summed E-state index contributed by atoms with van der Waals surface area (Å²) in [6, 6.07) is 9.71. The fourth-order valence-electron chi connectivity index (χ4n) is 4.95. The number of carbonyl (C=O) groups is 1. The Morgan fingerprint density at radius 3 is 1.64 bits per heavy atom. The van der Waals surface area contributed by atoms with Crippen LogP contribution in [0.1, 0.15) is 53.5 Å². The molecule has 0 radical (unpaired) electrons. The van der Waals surface area contributed by atoms with Crippen LogP contribution in [0.3, 0.4) is 0 Å². The summed E-state index contributed by atoms with van der Waals surface area (Å²) in [5.41, 5.74) is -5.68. The van der Waals surface area contributed by atoms with Crippen molar-refractivity contribution in [2.45, 2.75) is 56.0 Å². The predicted octanol–water partition coefficient (Wildman–Crippen LogP) is 7.73. The SMILES string of the molecule is O=C(NC1CCCC1)NC(Cc1ccccc1)(c1cc(F)cc(C(F)(F)F)c1)c1cc(F)cc(C(F)(F)F)c1. The number of rotatable bonds is 6. The summed E-state index contributed by atoms with van der Waals surface area (Å²) in [5, 5.41) is 5.23. The lowest BCUT2D eigenvalue weighted by Crippen LogP contribution is -2.54. The molecule has 2 amide bonds. The lowest BCUT2D eigenvalue weighted by Gasteiger charge is -2.37. The molecule has 0 aliphatic heterocycles. The monoisotopic (exact) mass is 556 g/mol. The molecule has 4 rings (SSSR count). The third kappa shape index (κ3) is 6.69. The van der Waals surface area contributed by atoms with Gasteiger partial charge in [0.25, 0.3) is 0 Å². The van der Waals surface area contributed by atoms with Gasteiger partial charge in [-0.15, -0.1) is 0 Å². The minimum absolute atomic E-state index is 0.238. The van der Waals surface area contributed by atoms with Gasteiger partial charge < -0.3 is 10.6 Å². The molecule has 1 aliphatic rings. The van der Waals surface area contributed by atoms with Gasteiger partial charge in [-0.1, -0.05) is 43.2 Å². The second kappa shape index (κ2) is 10.9. The van der Waals surface area contributed by atoms with E-state index in [2.05, 4.69) is 10.6 Å². The highest BCUT2D eigenvalue weighted by molar-refractivity contribution is 5.76. The average Bonchev–Trinajstić information content (AvgIpc) is 3.35. The molecule has 11 heteroatoms. The Kier molecular flexibility index (Phi) is 7.90. The summed E-state index contributed by atoms with van der Waals surface area (Å²) in [7, 11) is 0. The van der Waals surface area contributed by atoms with E-state index in [1.807, 2.05) is 0 Å². The Morgan fingerprint density at radius 2 is 1.18 bits per heavy atom. The van der Waals surface area contributed by atoms with Gasteiger partial charge in [0, 0.05) is 12.5 Å². The van der Waals surface area contributed by atoms with E-state index in [1.54, 1.807) is 30.3 Å². The van der Waals surface area contributed by atoms with Crippen LogP contribution >= 0.6 is 0 Å². The van der Waals surface area contributed by atoms with E-state index in [4.69, 9.17) is 0 Å².